The number of rotatable bonds is 7. The minimum absolute atomic E-state index is 0.00266. The first-order chi connectivity index (χ1) is 21.4. The van der Waals surface area contributed by atoms with E-state index in [1.54, 1.807) is 40.1 Å². The Kier molecular flexibility index (Phi) is 8.57. The summed E-state index contributed by atoms with van der Waals surface area (Å²) in [7, 11) is 3.03. The molecule has 4 aromatic rings. The van der Waals surface area contributed by atoms with E-state index in [0.29, 0.717) is 42.5 Å². The molecule has 0 aliphatic carbocycles. The Balaban J connectivity index is 1.53. The molecule has 13 nitrogen and oxygen atoms in total. The number of methoxy groups -OCH3 is 1. The van der Waals surface area contributed by atoms with Gasteiger partial charge in [-0.3, -0.25) is 9.48 Å². The van der Waals surface area contributed by atoms with Crippen molar-refractivity contribution in [1.82, 2.24) is 25.1 Å². The molecule has 0 radical (unpaired) electrons. The van der Waals surface area contributed by atoms with Crippen molar-refractivity contribution in [1.29, 1.82) is 0 Å². The van der Waals surface area contributed by atoms with Crippen LogP contribution in [0.15, 0.2) is 42.7 Å². The van der Waals surface area contributed by atoms with Crippen molar-refractivity contribution >= 4 is 40.2 Å². The van der Waals surface area contributed by atoms with Crippen LogP contribution in [-0.2, 0) is 11.8 Å². The fourth-order valence-corrected chi connectivity index (χ4v) is 5.41. The number of aromatic carboxylic acids is 1. The van der Waals surface area contributed by atoms with Crippen molar-refractivity contribution in [2.45, 2.75) is 45.3 Å². The van der Waals surface area contributed by atoms with Crippen molar-refractivity contribution in [3.63, 3.8) is 0 Å². The topological polar surface area (TPSA) is 161 Å². The number of hydrogen-bond donors (Lipinski definition) is 3. The van der Waals surface area contributed by atoms with Gasteiger partial charge in [0.2, 0.25) is 0 Å². The molecule has 3 N–H and O–H groups in total. The lowest BCUT2D eigenvalue weighted by Crippen LogP contribution is -2.49. The van der Waals surface area contributed by atoms with Gasteiger partial charge in [-0.15, -0.1) is 0 Å². The number of piperidine rings is 1. The van der Waals surface area contributed by atoms with Gasteiger partial charge in [0.05, 0.1) is 41.3 Å². The quantitative estimate of drug-likeness (QED) is 0.266. The number of nitrogens with zero attached hydrogens (tertiary/aromatic N) is 5. The Bertz CT molecular complexity index is 1780. The van der Waals surface area contributed by atoms with E-state index in [9.17, 15) is 23.9 Å². The predicted molar refractivity (Wildman–Crippen MR) is 164 cm³/mol. The smallest absolute Gasteiger partial charge is 0.407 e. The van der Waals surface area contributed by atoms with E-state index < -0.39 is 29.4 Å². The van der Waals surface area contributed by atoms with E-state index in [0.717, 1.165) is 0 Å². The molecule has 2 amide bonds. The summed E-state index contributed by atoms with van der Waals surface area (Å²) in [4.78, 5) is 48.9. The fourth-order valence-electron chi connectivity index (χ4n) is 5.41. The number of carboxylic acids is 1. The van der Waals surface area contributed by atoms with Crippen LogP contribution in [0.4, 0.5) is 20.6 Å². The van der Waals surface area contributed by atoms with Crippen LogP contribution in [0.1, 0.15) is 54.5 Å². The number of aryl methyl sites for hydroxylation is 1. The van der Waals surface area contributed by atoms with Gasteiger partial charge in [-0.25, -0.2) is 23.9 Å². The van der Waals surface area contributed by atoms with Gasteiger partial charge in [-0.05, 0) is 57.9 Å². The average molecular weight is 620 g/mol. The molecule has 1 saturated heterocycles. The van der Waals surface area contributed by atoms with Gasteiger partial charge in [0.1, 0.15) is 22.9 Å². The number of hydrogen-bond acceptors (Lipinski definition) is 9. The van der Waals surface area contributed by atoms with Crippen LogP contribution < -0.4 is 20.3 Å². The summed E-state index contributed by atoms with van der Waals surface area (Å²) in [6.07, 6.45) is 3.74. The maximum absolute atomic E-state index is 14.8. The zero-order valence-electron chi connectivity index (χ0n) is 25.5. The Morgan fingerprint density at radius 3 is 2.67 bits per heavy atom. The van der Waals surface area contributed by atoms with Crippen LogP contribution in [0.3, 0.4) is 0 Å². The molecule has 1 fully saturated rings. The molecule has 14 heteroatoms. The first-order valence-electron chi connectivity index (χ1n) is 14.3. The highest BCUT2D eigenvalue weighted by Gasteiger charge is 2.30. The van der Waals surface area contributed by atoms with Gasteiger partial charge in [0.25, 0.3) is 5.91 Å². The summed E-state index contributed by atoms with van der Waals surface area (Å²) in [5.74, 6) is -2.36. The molecule has 2 aromatic carbocycles. The van der Waals surface area contributed by atoms with Gasteiger partial charge >= 0.3 is 12.1 Å². The standard InChI is InChI=1S/C31H34FN7O6/c1-31(2,3)45-30(43)35-17-8-7-13-39(16-17)26-19-15-34-38(4)25(19)18(29(41)42)14-22(26)37-28(40)21-11-12-33-27(36-21)24-20(32)9-6-10-23(24)44-5/h6,9-12,14-15,17H,7-8,13,16H2,1-5H3,(H,35,43)(H,37,40)(H,41,42). The highest BCUT2D eigenvalue weighted by atomic mass is 19.1. The Morgan fingerprint density at radius 2 is 1.96 bits per heavy atom. The number of alkyl carbamates (subject to hydrolysis) is 1. The number of ether oxygens (including phenoxy) is 2. The molecule has 1 aliphatic heterocycles. The predicted octanol–water partition coefficient (Wildman–Crippen LogP) is 4.62. The summed E-state index contributed by atoms with van der Waals surface area (Å²) in [6, 6.07) is 6.75. The molecule has 3 heterocycles. The fraction of sp³-hybridized carbons (Fsp3) is 0.355. The monoisotopic (exact) mass is 619 g/mol. The minimum atomic E-state index is -1.20. The van der Waals surface area contributed by atoms with Crippen LogP contribution in [0, 0.1) is 5.82 Å². The second-order valence-electron chi connectivity index (χ2n) is 11.6. The van der Waals surface area contributed by atoms with Gasteiger partial charge < -0.3 is 30.1 Å². The molecule has 0 spiro atoms. The second-order valence-corrected chi connectivity index (χ2v) is 11.6. The lowest BCUT2D eigenvalue weighted by molar-refractivity contribution is 0.0499. The number of carboxylic acid groups (broad SMARTS) is 1. The normalized spacial score (nSPS) is 15.1. The largest absolute Gasteiger partial charge is 0.496 e. The van der Waals surface area contributed by atoms with Crippen molar-refractivity contribution in [2.75, 3.05) is 30.4 Å². The molecule has 236 valence electrons. The van der Waals surface area contributed by atoms with Crippen molar-refractivity contribution in [2.24, 2.45) is 7.05 Å². The van der Waals surface area contributed by atoms with Crippen molar-refractivity contribution < 1.29 is 33.4 Å². The first kappa shape index (κ1) is 31.2. The summed E-state index contributed by atoms with van der Waals surface area (Å²) in [6.45, 7) is 6.28. The van der Waals surface area contributed by atoms with Crippen LogP contribution in [-0.4, -0.2) is 74.7 Å². The van der Waals surface area contributed by atoms with Crippen molar-refractivity contribution in [3.8, 4) is 17.1 Å². The molecule has 1 unspecified atom stereocenters. The lowest BCUT2D eigenvalue weighted by atomic mass is 10.0. The number of anilines is 2. The number of amides is 2. The number of halogens is 1. The van der Waals surface area contributed by atoms with E-state index in [4.69, 9.17) is 9.47 Å². The van der Waals surface area contributed by atoms with E-state index in [1.165, 1.54) is 42.3 Å². The number of aromatic nitrogens is 4. The van der Waals surface area contributed by atoms with Gasteiger partial charge in [0, 0.05) is 37.8 Å². The molecular weight excluding hydrogens is 585 g/mol. The summed E-state index contributed by atoms with van der Waals surface area (Å²) in [5, 5.41) is 20.6. The molecular formula is C31H34FN7O6. The Labute approximate surface area is 258 Å². The second kappa shape index (κ2) is 12.4. The number of nitrogens with one attached hydrogen (secondary N) is 2. The van der Waals surface area contributed by atoms with Gasteiger partial charge in [0.15, 0.2) is 5.82 Å². The van der Waals surface area contributed by atoms with E-state index in [1.807, 2.05) is 4.90 Å². The van der Waals surface area contributed by atoms with Crippen molar-refractivity contribution in [3.05, 3.63) is 59.8 Å². The van der Waals surface area contributed by atoms with Gasteiger partial charge in [-0.1, -0.05) is 6.07 Å². The number of carbonyl (C=O) groups is 3. The van der Waals surface area contributed by atoms with E-state index >= 15 is 0 Å². The number of benzene rings is 2. The van der Waals surface area contributed by atoms with E-state index in [-0.39, 0.29) is 40.1 Å². The Morgan fingerprint density at radius 1 is 1.18 bits per heavy atom. The SMILES string of the molecule is COc1cccc(F)c1-c1nccc(C(=O)Nc2cc(C(=O)O)c3c(cnn3C)c2N2CCCC(NC(=O)OC(C)(C)C)C2)n1. The molecule has 1 atom stereocenters. The summed E-state index contributed by atoms with van der Waals surface area (Å²) < 4.78 is 26.9. The third-order valence-corrected chi connectivity index (χ3v) is 7.24. The summed E-state index contributed by atoms with van der Waals surface area (Å²) >= 11 is 0. The molecule has 1 aliphatic rings. The highest BCUT2D eigenvalue weighted by Crippen LogP contribution is 2.39. The zero-order valence-corrected chi connectivity index (χ0v) is 25.5. The van der Waals surface area contributed by atoms with Crippen LogP contribution in [0.5, 0.6) is 5.75 Å². The molecule has 2 aromatic heterocycles. The van der Waals surface area contributed by atoms with Crippen LogP contribution in [0.25, 0.3) is 22.3 Å². The summed E-state index contributed by atoms with van der Waals surface area (Å²) in [5.41, 5.74) is 0.303. The highest BCUT2D eigenvalue weighted by molar-refractivity contribution is 6.14. The first-order valence-corrected chi connectivity index (χ1v) is 14.3. The minimum Gasteiger partial charge on any atom is -0.496 e. The molecule has 45 heavy (non-hydrogen) atoms. The third kappa shape index (κ3) is 6.64. The molecule has 0 bridgehead atoms. The lowest BCUT2D eigenvalue weighted by Gasteiger charge is -2.36. The van der Waals surface area contributed by atoms with E-state index in [2.05, 4.69) is 25.7 Å². The third-order valence-electron chi connectivity index (χ3n) is 7.24. The van der Waals surface area contributed by atoms with Gasteiger partial charge in [-0.2, -0.15) is 5.10 Å². The molecule has 0 saturated carbocycles. The number of carbonyl (C=O) groups excluding carboxylic acids is 2. The maximum atomic E-state index is 14.8. The molecule has 5 rings (SSSR count). The zero-order chi connectivity index (χ0) is 32.5. The van der Waals surface area contributed by atoms with Crippen LogP contribution >= 0.6 is 0 Å². The maximum Gasteiger partial charge on any atom is 0.407 e. The van der Waals surface area contributed by atoms with Crippen LogP contribution in [0.2, 0.25) is 0 Å². The number of fused-ring (bicyclic) bond motifs is 1. The average Bonchev–Trinajstić information content (AvgIpc) is 3.36. The Hall–Kier alpha value is -5.27.